The van der Waals surface area contributed by atoms with Crippen molar-refractivity contribution in [3.63, 3.8) is 0 Å². The minimum atomic E-state index is -0.0105. The Hall–Kier alpha value is -1.75. The number of hydrogen-bond donors (Lipinski definition) is 1. The molecule has 0 radical (unpaired) electrons. The highest BCUT2D eigenvalue weighted by atomic mass is 32.2. The predicted octanol–water partition coefficient (Wildman–Crippen LogP) is 3.19. The van der Waals surface area contributed by atoms with Gasteiger partial charge in [0.25, 0.3) is 5.91 Å². The van der Waals surface area contributed by atoms with Crippen LogP contribution in [0.4, 0.5) is 0 Å². The molecule has 1 aromatic heterocycles. The van der Waals surface area contributed by atoms with Crippen molar-refractivity contribution in [1.82, 2.24) is 14.9 Å². The van der Waals surface area contributed by atoms with Crippen molar-refractivity contribution in [3.05, 3.63) is 54.1 Å². The summed E-state index contributed by atoms with van der Waals surface area (Å²) in [7, 11) is 0. The number of benzene rings is 1. The highest BCUT2D eigenvalue weighted by Gasteiger charge is 2.10. The summed E-state index contributed by atoms with van der Waals surface area (Å²) in [6.07, 6.45) is 5.47. The summed E-state index contributed by atoms with van der Waals surface area (Å²) in [6, 6.07) is 7.72. The summed E-state index contributed by atoms with van der Waals surface area (Å²) in [5, 5.41) is 2.96. The number of carbonyl (C=O) groups is 1. The first-order chi connectivity index (χ1) is 10.4. The van der Waals surface area contributed by atoms with Gasteiger partial charge >= 0.3 is 0 Å². The predicted molar refractivity (Wildman–Crippen MR) is 92.3 cm³/mol. The van der Waals surface area contributed by atoms with Crippen LogP contribution >= 0.6 is 11.8 Å². The molecule has 1 aromatic carbocycles. The Bertz CT molecular complexity index is 585. The molecule has 0 aliphatic carbocycles. The molecular weight excluding hydrogens is 294 g/mol. The van der Waals surface area contributed by atoms with Gasteiger partial charge in [-0.1, -0.05) is 32.9 Å². The highest BCUT2D eigenvalue weighted by molar-refractivity contribution is 8.00. The smallest absolute Gasteiger partial charge is 0.251 e. The van der Waals surface area contributed by atoms with Crippen LogP contribution in [0.25, 0.3) is 0 Å². The van der Waals surface area contributed by atoms with Gasteiger partial charge in [0.2, 0.25) is 0 Å². The van der Waals surface area contributed by atoms with Crippen LogP contribution in [0.2, 0.25) is 0 Å². The lowest BCUT2D eigenvalue weighted by Crippen LogP contribution is -2.26. The number of amides is 1. The molecular formula is C17H23N3OS. The number of imidazole rings is 1. The molecule has 2 aromatic rings. The van der Waals surface area contributed by atoms with Crippen LogP contribution in [0.3, 0.4) is 0 Å². The molecule has 5 heteroatoms. The summed E-state index contributed by atoms with van der Waals surface area (Å²) in [5.74, 6) is 0.914. The Morgan fingerprint density at radius 3 is 2.59 bits per heavy atom. The zero-order valence-corrected chi connectivity index (χ0v) is 14.2. The Balaban J connectivity index is 1.81. The Labute approximate surface area is 136 Å². The summed E-state index contributed by atoms with van der Waals surface area (Å²) < 4.78 is 2.23. The minimum Gasteiger partial charge on any atom is -0.351 e. The number of nitrogens with zero attached hydrogens (tertiary/aromatic N) is 2. The van der Waals surface area contributed by atoms with E-state index in [0.717, 1.165) is 17.9 Å². The van der Waals surface area contributed by atoms with Crippen molar-refractivity contribution in [1.29, 1.82) is 0 Å². The molecule has 0 saturated heterocycles. The van der Waals surface area contributed by atoms with Crippen LogP contribution in [0, 0.1) is 0 Å². The number of rotatable bonds is 6. The third kappa shape index (κ3) is 5.56. The molecule has 0 aliphatic heterocycles. The molecule has 0 bridgehead atoms. The van der Waals surface area contributed by atoms with E-state index in [4.69, 9.17) is 0 Å². The molecule has 0 unspecified atom stereocenters. The maximum absolute atomic E-state index is 12.1. The zero-order chi connectivity index (χ0) is 16.0. The van der Waals surface area contributed by atoms with Crippen molar-refractivity contribution in [2.24, 2.45) is 0 Å². The second kappa shape index (κ2) is 7.49. The molecule has 0 spiro atoms. The molecule has 4 nitrogen and oxygen atoms in total. The van der Waals surface area contributed by atoms with Gasteiger partial charge in [-0.2, -0.15) is 11.8 Å². The van der Waals surface area contributed by atoms with Gasteiger partial charge in [0.15, 0.2) is 0 Å². The molecule has 2 rings (SSSR count). The average Bonchev–Trinajstić information content (AvgIpc) is 2.96. The van der Waals surface area contributed by atoms with E-state index in [1.807, 2.05) is 46.8 Å². The van der Waals surface area contributed by atoms with E-state index in [1.54, 1.807) is 12.5 Å². The zero-order valence-electron chi connectivity index (χ0n) is 13.4. The summed E-state index contributed by atoms with van der Waals surface area (Å²) >= 11 is 1.85. The second-order valence-corrected chi connectivity index (χ2v) is 8.07. The Morgan fingerprint density at radius 2 is 2.00 bits per heavy atom. The molecule has 22 heavy (non-hydrogen) atoms. The van der Waals surface area contributed by atoms with Crippen LogP contribution in [-0.4, -0.2) is 32.5 Å². The van der Waals surface area contributed by atoms with E-state index in [9.17, 15) is 4.79 Å². The number of hydrogen-bond acceptors (Lipinski definition) is 3. The summed E-state index contributed by atoms with van der Waals surface area (Å²) in [5.41, 5.74) is 1.85. The Morgan fingerprint density at radius 1 is 1.27 bits per heavy atom. The molecule has 0 atom stereocenters. The molecule has 0 aliphatic rings. The molecule has 0 saturated carbocycles. The van der Waals surface area contributed by atoms with Gasteiger partial charge in [-0.25, -0.2) is 4.98 Å². The van der Waals surface area contributed by atoms with Crippen LogP contribution in [-0.2, 0) is 6.54 Å². The topological polar surface area (TPSA) is 46.9 Å². The van der Waals surface area contributed by atoms with E-state index in [0.29, 0.717) is 12.1 Å². The maximum atomic E-state index is 12.1. The third-order valence-electron chi connectivity index (χ3n) is 3.06. The fourth-order valence-corrected chi connectivity index (χ4v) is 2.79. The first-order valence-corrected chi connectivity index (χ1v) is 8.39. The maximum Gasteiger partial charge on any atom is 0.251 e. The lowest BCUT2D eigenvalue weighted by Gasteiger charge is -2.17. The van der Waals surface area contributed by atoms with Gasteiger partial charge in [-0.3, -0.25) is 4.79 Å². The van der Waals surface area contributed by atoms with Gasteiger partial charge in [0, 0.05) is 41.5 Å². The van der Waals surface area contributed by atoms with Gasteiger partial charge < -0.3 is 9.88 Å². The van der Waals surface area contributed by atoms with Crippen molar-refractivity contribution in [2.45, 2.75) is 32.1 Å². The average molecular weight is 317 g/mol. The van der Waals surface area contributed by atoms with Crippen molar-refractivity contribution >= 4 is 17.7 Å². The normalized spacial score (nSPS) is 11.4. The number of thioether (sulfide) groups is 1. The van der Waals surface area contributed by atoms with Gasteiger partial charge in [-0.05, 0) is 17.7 Å². The lowest BCUT2D eigenvalue weighted by atomic mass is 10.1. The summed E-state index contributed by atoms with van der Waals surface area (Å²) in [6.45, 7) is 8.00. The molecule has 0 fully saturated rings. The largest absolute Gasteiger partial charge is 0.351 e. The van der Waals surface area contributed by atoms with Crippen LogP contribution < -0.4 is 5.32 Å². The van der Waals surface area contributed by atoms with E-state index in [-0.39, 0.29) is 10.7 Å². The van der Waals surface area contributed by atoms with E-state index in [1.165, 1.54) is 0 Å². The minimum absolute atomic E-state index is 0.0105. The molecule has 1 heterocycles. The SMILES string of the molecule is CC(C)(C)SCCNC(=O)c1ccc(Cn2ccnc2)cc1. The van der Waals surface area contributed by atoms with Crippen LogP contribution in [0.15, 0.2) is 43.0 Å². The van der Waals surface area contributed by atoms with Gasteiger partial charge in [-0.15, -0.1) is 0 Å². The van der Waals surface area contributed by atoms with Gasteiger partial charge in [0.05, 0.1) is 6.33 Å². The first kappa shape index (κ1) is 16.6. The molecule has 1 amide bonds. The molecule has 118 valence electrons. The number of nitrogens with one attached hydrogen (secondary N) is 1. The summed E-state index contributed by atoms with van der Waals surface area (Å²) in [4.78, 5) is 16.1. The van der Waals surface area contributed by atoms with Gasteiger partial charge in [0.1, 0.15) is 0 Å². The number of carbonyl (C=O) groups excluding carboxylic acids is 1. The monoisotopic (exact) mass is 317 g/mol. The number of aromatic nitrogens is 2. The molecule has 1 N–H and O–H groups in total. The van der Waals surface area contributed by atoms with Crippen molar-refractivity contribution in [3.8, 4) is 0 Å². The fraction of sp³-hybridized carbons (Fsp3) is 0.412. The fourth-order valence-electron chi connectivity index (χ4n) is 1.98. The van der Waals surface area contributed by atoms with Crippen molar-refractivity contribution < 1.29 is 4.79 Å². The standard InChI is InChI=1S/C17H23N3OS/c1-17(2,3)22-11-9-19-16(21)15-6-4-14(5-7-15)12-20-10-8-18-13-20/h4-8,10,13H,9,11-12H2,1-3H3,(H,19,21). The lowest BCUT2D eigenvalue weighted by molar-refractivity contribution is 0.0956. The van der Waals surface area contributed by atoms with E-state index < -0.39 is 0 Å². The first-order valence-electron chi connectivity index (χ1n) is 7.41. The quantitative estimate of drug-likeness (QED) is 0.832. The van der Waals surface area contributed by atoms with E-state index >= 15 is 0 Å². The van der Waals surface area contributed by atoms with Crippen molar-refractivity contribution in [2.75, 3.05) is 12.3 Å². The van der Waals surface area contributed by atoms with Crippen LogP contribution in [0.1, 0.15) is 36.7 Å². The highest BCUT2D eigenvalue weighted by Crippen LogP contribution is 2.22. The Kier molecular flexibility index (Phi) is 5.66. The second-order valence-electron chi connectivity index (χ2n) is 6.15. The third-order valence-corrected chi connectivity index (χ3v) is 4.34. The van der Waals surface area contributed by atoms with E-state index in [2.05, 4.69) is 31.1 Å². The van der Waals surface area contributed by atoms with Crippen LogP contribution in [0.5, 0.6) is 0 Å².